The summed E-state index contributed by atoms with van der Waals surface area (Å²) in [7, 11) is 0. The molecule has 0 fully saturated rings. The Balaban J connectivity index is 2.09. The Morgan fingerprint density at radius 2 is 1.62 bits per heavy atom. The van der Waals surface area contributed by atoms with E-state index >= 15 is 0 Å². The van der Waals surface area contributed by atoms with Crippen molar-refractivity contribution in [1.82, 2.24) is 20.2 Å². The SMILES string of the molecule is FC(F)(F)c1cc(C(F)(F)F)c2ccc3oc(-c4nnco4)nc3c2n1. The molecule has 0 bridgehead atoms. The molecule has 26 heavy (non-hydrogen) atoms. The molecule has 0 saturated carbocycles. The largest absolute Gasteiger partial charge is 0.433 e. The first-order valence-electron chi connectivity index (χ1n) is 6.80. The second-order valence-electron chi connectivity index (χ2n) is 5.12. The van der Waals surface area contributed by atoms with Gasteiger partial charge in [-0.2, -0.15) is 26.3 Å². The number of rotatable bonds is 1. The normalized spacial score (nSPS) is 13.0. The van der Waals surface area contributed by atoms with Crippen LogP contribution in [0.4, 0.5) is 26.3 Å². The van der Waals surface area contributed by atoms with Gasteiger partial charge in [-0.15, -0.1) is 10.2 Å². The molecule has 0 unspecified atom stereocenters. The van der Waals surface area contributed by atoms with Gasteiger partial charge in [-0.05, 0) is 18.2 Å². The standard InChI is InChI=1S/C14H4F6N4O2/c15-13(16,17)6-3-8(14(18,19)20)22-9-5(6)1-2-7-10(9)23-11(26-7)12-24-21-4-25-12/h1-4H. The molecule has 4 rings (SSSR count). The Morgan fingerprint density at radius 3 is 2.23 bits per heavy atom. The van der Waals surface area contributed by atoms with Gasteiger partial charge in [-0.25, -0.2) is 9.97 Å². The van der Waals surface area contributed by atoms with Gasteiger partial charge in [0.1, 0.15) is 16.7 Å². The van der Waals surface area contributed by atoms with Crippen LogP contribution in [-0.2, 0) is 12.4 Å². The van der Waals surface area contributed by atoms with Gasteiger partial charge in [-0.1, -0.05) is 0 Å². The number of oxazole rings is 1. The molecule has 0 N–H and O–H groups in total. The summed E-state index contributed by atoms with van der Waals surface area (Å²) >= 11 is 0. The van der Waals surface area contributed by atoms with Crippen LogP contribution in [0.15, 0.2) is 33.4 Å². The third-order valence-electron chi connectivity index (χ3n) is 3.48. The molecule has 3 aromatic heterocycles. The Hall–Kier alpha value is -3.18. The zero-order valence-corrected chi connectivity index (χ0v) is 12.2. The summed E-state index contributed by atoms with van der Waals surface area (Å²) in [5, 5.41) is 6.38. The van der Waals surface area contributed by atoms with E-state index in [9.17, 15) is 26.3 Å². The summed E-state index contributed by atoms with van der Waals surface area (Å²) in [6.45, 7) is 0. The van der Waals surface area contributed by atoms with Crippen LogP contribution in [0.3, 0.4) is 0 Å². The molecule has 0 spiro atoms. The fourth-order valence-electron chi connectivity index (χ4n) is 2.42. The van der Waals surface area contributed by atoms with E-state index in [1.54, 1.807) is 0 Å². The number of hydrogen-bond donors (Lipinski definition) is 0. The van der Waals surface area contributed by atoms with Crippen LogP contribution in [0.1, 0.15) is 11.3 Å². The van der Waals surface area contributed by atoms with Crippen molar-refractivity contribution in [3.8, 4) is 11.8 Å². The molecule has 0 aliphatic carbocycles. The lowest BCUT2D eigenvalue weighted by Crippen LogP contribution is -2.13. The van der Waals surface area contributed by atoms with E-state index in [2.05, 4.69) is 20.2 Å². The van der Waals surface area contributed by atoms with Crippen LogP contribution >= 0.6 is 0 Å². The zero-order valence-electron chi connectivity index (χ0n) is 12.2. The highest BCUT2D eigenvalue weighted by Crippen LogP contribution is 2.40. The van der Waals surface area contributed by atoms with Gasteiger partial charge < -0.3 is 8.83 Å². The van der Waals surface area contributed by atoms with Gasteiger partial charge in [0.25, 0.3) is 5.89 Å². The minimum atomic E-state index is -5.07. The van der Waals surface area contributed by atoms with Crippen molar-refractivity contribution >= 4 is 22.0 Å². The Kier molecular flexibility index (Phi) is 3.23. The van der Waals surface area contributed by atoms with Gasteiger partial charge >= 0.3 is 18.2 Å². The Morgan fingerprint density at radius 1 is 0.846 bits per heavy atom. The van der Waals surface area contributed by atoms with Crippen molar-refractivity contribution in [3.05, 3.63) is 35.9 Å². The van der Waals surface area contributed by atoms with Crippen LogP contribution in [0, 0.1) is 0 Å². The minimum absolute atomic E-state index is 0.0346. The Bertz CT molecular complexity index is 1110. The summed E-state index contributed by atoms with van der Waals surface area (Å²) < 4.78 is 88.9. The first-order chi connectivity index (χ1) is 12.1. The summed E-state index contributed by atoms with van der Waals surface area (Å²) in [6, 6.07) is 2.08. The van der Waals surface area contributed by atoms with E-state index in [4.69, 9.17) is 8.83 Å². The lowest BCUT2D eigenvalue weighted by molar-refractivity contribution is -0.144. The van der Waals surface area contributed by atoms with E-state index in [-0.39, 0.29) is 28.9 Å². The predicted octanol–water partition coefficient (Wildman–Crippen LogP) is 4.46. The second-order valence-corrected chi connectivity index (χ2v) is 5.12. The van der Waals surface area contributed by atoms with Gasteiger partial charge in [0.2, 0.25) is 6.39 Å². The van der Waals surface area contributed by atoms with Gasteiger partial charge in [0.05, 0.1) is 5.56 Å². The first-order valence-corrected chi connectivity index (χ1v) is 6.80. The second kappa shape index (κ2) is 5.16. The molecular weight excluding hydrogens is 370 g/mol. The quantitative estimate of drug-likeness (QED) is 0.458. The van der Waals surface area contributed by atoms with Crippen LogP contribution in [-0.4, -0.2) is 20.2 Å². The van der Waals surface area contributed by atoms with E-state index < -0.39 is 34.5 Å². The molecule has 12 heteroatoms. The molecule has 0 aliphatic rings. The monoisotopic (exact) mass is 374 g/mol. The number of nitrogens with zero attached hydrogens (tertiary/aromatic N) is 4. The lowest BCUT2D eigenvalue weighted by Gasteiger charge is -2.13. The topological polar surface area (TPSA) is 77.8 Å². The summed E-state index contributed by atoms with van der Waals surface area (Å²) in [6.07, 6.45) is -9.13. The number of halogens is 6. The zero-order chi connectivity index (χ0) is 18.7. The third kappa shape index (κ3) is 2.53. The molecule has 0 radical (unpaired) electrons. The van der Waals surface area contributed by atoms with Crippen molar-refractivity contribution in [1.29, 1.82) is 0 Å². The fourth-order valence-corrected chi connectivity index (χ4v) is 2.42. The molecule has 6 nitrogen and oxygen atoms in total. The summed E-state index contributed by atoms with van der Waals surface area (Å²) in [5.41, 5.74) is -4.12. The molecular formula is C14H4F6N4O2. The van der Waals surface area contributed by atoms with E-state index in [0.717, 1.165) is 18.5 Å². The molecule has 134 valence electrons. The maximum atomic E-state index is 13.2. The summed E-state index contributed by atoms with van der Waals surface area (Å²) in [4.78, 5) is 7.20. The molecule has 1 aromatic carbocycles. The van der Waals surface area contributed by atoms with Crippen LogP contribution in [0.25, 0.3) is 33.8 Å². The average molecular weight is 374 g/mol. The van der Waals surface area contributed by atoms with Crippen LogP contribution < -0.4 is 0 Å². The smallest absolute Gasteiger partial charge is 0.432 e. The number of pyridine rings is 1. The Labute approximate surface area is 138 Å². The number of alkyl halides is 6. The van der Waals surface area contributed by atoms with E-state index in [0.29, 0.717) is 0 Å². The number of aromatic nitrogens is 4. The van der Waals surface area contributed by atoms with Crippen LogP contribution in [0.2, 0.25) is 0 Å². The number of fused-ring (bicyclic) bond motifs is 3. The lowest BCUT2D eigenvalue weighted by atomic mass is 10.1. The highest BCUT2D eigenvalue weighted by molar-refractivity contribution is 6.02. The van der Waals surface area contributed by atoms with Crippen LogP contribution in [0.5, 0.6) is 0 Å². The minimum Gasteiger partial charge on any atom is -0.432 e. The number of benzene rings is 1. The van der Waals surface area contributed by atoms with Gasteiger partial charge in [-0.3, -0.25) is 0 Å². The van der Waals surface area contributed by atoms with Gasteiger partial charge in [0, 0.05) is 5.39 Å². The highest BCUT2D eigenvalue weighted by atomic mass is 19.4. The van der Waals surface area contributed by atoms with Crippen molar-refractivity contribution < 1.29 is 35.2 Å². The van der Waals surface area contributed by atoms with Crippen molar-refractivity contribution in [2.45, 2.75) is 12.4 Å². The summed E-state index contributed by atoms with van der Waals surface area (Å²) in [5.74, 6) is -0.435. The highest BCUT2D eigenvalue weighted by Gasteiger charge is 2.39. The van der Waals surface area contributed by atoms with Gasteiger partial charge in [0.15, 0.2) is 5.58 Å². The van der Waals surface area contributed by atoms with Crippen molar-refractivity contribution in [2.24, 2.45) is 0 Å². The molecule has 4 aromatic rings. The molecule has 0 aliphatic heterocycles. The van der Waals surface area contributed by atoms with E-state index in [1.807, 2.05) is 0 Å². The first kappa shape index (κ1) is 16.3. The maximum absolute atomic E-state index is 13.2. The van der Waals surface area contributed by atoms with Crippen molar-refractivity contribution in [3.63, 3.8) is 0 Å². The number of hydrogen-bond acceptors (Lipinski definition) is 6. The fraction of sp³-hybridized carbons (Fsp3) is 0.143. The molecule has 0 amide bonds. The van der Waals surface area contributed by atoms with Crippen molar-refractivity contribution in [2.75, 3.05) is 0 Å². The molecule has 0 saturated heterocycles. The molecule has 0 atom stereocenters. The van der Waals surface area contributed by atoms with E-state index in [1.165, 1.54) is 0 Å². The molecule has 3 heterocycles. The maximum Gasteiger partial charge on any atom is 0.433 e. The predicted molar refractivity (Wildman–Crippen MR) is 72.6 cm³/mol. The average Bonchev–Trinajstić information content (AvgIpc) is 3.20. The third-order valence-corrected chi connectivity index (χ3v) is 3.48.